The fourth-order valence-corrected chi connectivity index (χ4v) is 3.07. The number of hydrogen-bond donors (Lipinski definition) is 1. The molecular formula is C22H26N2O4. The number of ether oxygens (including phenoxy) is 2. The van der Waals surface area contributed by atoms with E-state index in [1.165, 1.54) is 0 Å². The molecule has 0 aromatic heterocycles. The molecule has 0 spiro atoms. The molecule has 2 amide bonds. The second-order valence-electron chi connectivity index (χ2n) is 7.20. The van der Waals surface area contributed by atoms with E-state index < -0.39 is 0 Å². The number of amides is 2. The van der Waals surface area contributed by atoms with E-state index in [4.69, 9.17) is 9.47 Å². The summed E-state index contributed by atoms with van der Waals surface area (Å²) < 4.78 is 11.3. The smallest absolute Gasteiger partial charge is 0.253 e. The van der Waals surface area contributed by atoms with Gasteiger partial charge in [-0.3, -0.25) is 9.59 Å². The van der Waals surface area contributed by atoms with Crippen LogP contribution in [0.25, 0.3) is 0 Å². The normalized spacial score (nSPS) is 13.8. The zero-order valence-corrected chi connectivity index (χ0v) is 16.5. The molecular weight excluding hydrogens is 356 g/mol. The summed E-state index contributed by atoms with van der Waals surface area (Å²) in [5.74, 6) is 1.49. The summed E-state index contributed by atoms with van der Waals surface area (Å²) in [5.41, 5.74) is 2.00. The lowest BCUT2D eigenvalue weighted by molar-refractivity contribution is -0.117. The van der Waals surface area contributed by atoms with Crippen LogP contribution in [0.3, 0.4) is 0 Å². The van der Waals surface area contributed by atoms with E-state index in [2.05, 4.69) is 19.2 Å². The average Bonchev–Trinajstić information content (AvgIpc) is 2.81. The Morgan fingerprint density at radius 2 is 1.89 bits per heavy atom. The lowest BCUT2D eigenvalue weighted by Crippen LogP contribution is -2.36. The third kappa shape index (κ3) is 4.44. The van der Waals surface area contributed by atoms with E-state index in [-0.39, 0.29) is 18.4 Å². The molecule has 1 N–H and O–H groups in total. The monoisotopic (exact) mass is 382 g/mol. The van der Waals surface area contributed by atoms with Gasteiger partial charge in [0.1, 0.15) is 0 Å². The quantitative estimate of drug-likeness (QED) is 0.797. The molecule has 6 heteroatoms. The molecule has 2 aromatic rings. The minimum absolute atomic E-state index is 0.0267. The predicted octanol–water partition coefficient (Wildman–Crippen LogP) is 3.40. The fraction of sp³-hybridized carbons (Fsp3) is 0.364. The third-order valence-corrected chi connectivity index (χ3v) is 4.66. The van der Waals surface area contributed by atoms with Crippen LogP contribution in [0.4, 0.5) is 5.69 Å². The van der Waals surface area contributed by atoms with E-state index in [9.17, 15) is 9.59 Å². The molecule has 28 heavy (non-hydrogen) atoms. The van der Waals surface area contributed by atoms with Crippen LogP contribution in [-0.2, 0) is 11.3 Å². The van der Waals surface area contributed by atoms with Gasteiger partial charge < -0.3 is 19.7 Å². The van der Waals surface area contributed by atoms with E-state index in [1.807, 2.05) is 24.3 Å². The number of nitrogens with zero attached hydrogens (tertiary/aromatic N) is 1. The second kappa shape index (κ2) is 8.78. The molecule has 1 heterocycles. The number of carbonyl (C=O) groups excluding carboxylic acids is 2. The Labute approximate surface area is 165 Å². The Morgan fingerprint density at radius 3 is 2.64 bits per heavy atom. The van der Waals surface area contributed by atoms with Crippen molar-refractivity contribution in [2.24, 2.45) is 5.92 Å². The van der Waals surface area contributed by atoms with Crippen molar-refractivity contribution in [1.29, 1.82) is 0 Å². The van der Waals surface area contributed by atoms with Gasteiger partial charge in [-0.1, -0.05) is 32.0 Å². The molecule has 0 radical (unpaired) electrons. The number of rotatable bonds is 7. The van der Waals surface area contributed by atoms with Crippen LogP contribution in [0.1, 0.15) is 36.2 Å². The largest absolute Gasteiger partial charge is 0.493 e. The number of carbonyl (C=O) groups is 2. The van der Waals surface area contributed by atoms with E-state index in [0.717, 1.165) is 12.0 Å². The summed E-state index contributed by atoms with van der Waals surface area (Å²) in [6.07, 6.45) is 0.963. The first kappa shape index (κ1) is 19.7. The number of hydrogen-bond acceptors (Lipinski definition) is 4. The van der Waals surface area contributed by atoms with Gasteiger partial charge in [0.25, 0.3) is 5.91 Å². The highest BCUT2D eigenvalue weighted by atomic mass is 16.5. The van der Waals surface area contributed by atoms with Crippen molar-refractivity contribution < 1.29 is 19.1 Å². The second-order valence-corrected chi connectivity index (χ2v) is 7.20. The lowest BCUT2D eigenvalue weighted by Gasteiger charge is -2.23. The maximum atomic E-state index is 12.6. The van der Waals surface area contributed by atoms with E-state index in [1.54, 1.807) is 30.2 Å². The van der Waals surface area contributed by atoms with E-state index >= 15 is 0 Å². The molecule has 0 saturated carbocycles. The van der Waals surface area contributed by atoms with Gasteiger partial charge in [-0.15, -0.1) is 0 Å². The van der Waals surface area contributed by atoms with Crippen LogP contribution in [-0.4, -0.2) is 32.1 Å². The Hall–Kier alpha value is -3.02. The molecule has 1 aliphatic heterocycles. The molecule has 6 nitrogen and oxygen atoms in total. The minimum atomic E-state index is -0.238. The highest BCUT2D eigenvalue weighted by Crippen LogP contribution is 2.31. The zero-order chi connectivity index (χ0) is 20.1. The summed E-state index contributed by atoms with van der Waals surface area (Å²) in [7, 11) is 1.60. The van der Waals surface area contributed by atoms with Gasteiger partial charge in [0.05, 0.1) is 38.1 Å². The van der Waals surface area contributed by atoms with Crippen LogP contribution in [0.15, 0.2) is 42.5 Å². The van der Waals surface area contributed by atoms with Crippen molar-refractivity contribution in [1.82, 2.24) is 5.32 Å². The molecule has 0 atom stereocenters. The Balaban J connectivity index is 1.83. The Kier molecular flexibility index (Phi) is 6.19. The summed E-state index contributed by atoms with van der Waals surface area (Å²) in [5, 5.41) is 2.66. The SMILES string of the molecule is COc1cc(CN2C(=O)CNC(=O)c3ccccc32)ccc1OCCC(C)C. The molecule has 1 aliphatic rings. The van der Waals surface area contributed by atoms with Crippen LogP contribution >= 0.6 is 0 Å². The number of anilines is 1. The van der Waals surface area contributed by atoms with Gasteiger partial charge in [0.2, 0.25) is 5.91 Å². The minimum Gasteiger partial charge on any atom is -0.493 e. The fourth-order valence-electron chi connectivity index (χ4n) is 3.07. The van der Waals surface area contributed by atoms with Gasteiger partial charge in [-0.2, -0.15) is 0 Å². The molecule has 0 bridgehead atoms. The molecule has 0 fully saturated rings. The standard InChI is InChI=1S/C22H26N2O4/c1-15(2)10-11-28-19-9-8-16(12-20(19)27-3)14-24-18-7-5-4-6-17(18)22(26)23-13-21(24)25/h4-9,12,15H,10-11,13-14H2,1-3H3,(H,23,26). The Morgan fingerprint density at radius 1 is 1.11 bits per heavy atom. The van der Waals surface area contributed by atoms with Crippen LogP contribution < -0.4 is 19.7 Å². The number of fused-ring (bicyclic) bond motifs is 1. The summed E-state index contributed by atoms with van der Waals surface area (Å²) in [6.45, 7) is 5.24. The van der Waals surface area contributed by atoms with Crippen molar-refractivity contribution in [3.05, 3.63) is 53.6 Å². The summed E-state index contributed by atoms with van der Waals surface area (Å²) in [4.78, 5) is 26.5. The third-order valence-electron chi connectivity index (χ3n) is 4.66. The van der Waals surface area contributed by atoms with Crippen molar-refractivity contribution in [2.75, 3.05) is 25.2 Å². The van der Waals surface area contributed by atoms with Crippen LogP contribution in [0, 0.1) is 5.92 Å². The highest BCUT2D eigenvalue weighted by Gasteiger charge is 2.26. The lowest BCUT2D eigenvalue weighted by atomic mass is 10.1. The van der Waals surface area contributed by atoms with Crippen molar-refractivity contribution >= 4 is 17.5 Å². The van der Waals surface area contributed by atoms with Gasteiger partial charge in [-0.25, -0.2) is 0 Å². The van der Waals surface area contributed by atoms with Crippen molar-refractivity contribution in [3.8, 4) is 11.5 Å². The topological polar surface area (TPSA) is 67.9 Å². The highest BCUT2D eigenvalue weighted by molar-refractivity contribution is 6.09. The van der Waals surface area contributed by atoms with Gasteiger partial charge >= 0.3 is 0 Å². The average molecular weight is 382 g/mol. The molecule has 148 valence electrons. The first-order valence-electron chi connectivity index (χ1n) is 9.47. The number of benzene rings is 2. The van der Waals surface area contributed by atoms with Crippen molar-refractivity contribution in [3.63, 3.8) is 0 Å². The maximum Gasteiger partial charge on any atom is 0.253 e. The van der Waals surface area contributed by atoms with Gasteiger partial charge in [0.15, 0.2) is 11.5 Å². The number of para-hydroxylation sites is 1. The maximum absolute atomic E-state index is 12.6. The first-order valence-corrected chi connectivity index (χ1v) is 9.47. The molecule has 0 aliphatic carbocycles. The van der Waals surface area contributed by atoms with Crippen molar-refractivity contribution in [2.45, 2.75) is 26.8 Å². The molecule has 0 unspecified atom stereocenters. The molecule has 2 aromatic carbocycles. The van der Waals surface area contributed by atoms with Gasteiger partial charge in [-0.05, 0) is 42.2 Å². The summed E-state index contributed by atoms with van der Waals surface area (Å²) >= 11 is 0. The van der Waals surface area contributed by atoms with Crippen LogP contribution in [0.2, 0.25) is 0 Å². The molecule has 3 rings (SSSR count). The zero-order valence-electron chi connectivity index (χ0n) is 16.5. The van der Waals surface area contributed by atoms with Gasteiger partial charge in [0, 0.05) is 0 Å². The number of nitrogens with one attached hydrogen (secondary N) is 1. The predicted molar refractivity (Wildman–Crippen MR) is 108 cm³/mol. The summed E-state index contributed by atoms with van der Waals surface area (Å²) in [6, 6.07) is 12.8. The molecule has 0 saturated heterocycles. The first-order chi connectivity index (χ1) is 13.5. The van der Waals surface area contributed by atoms with E-state index in [0.29, 0.717) is 41.8 Å². The number of methoxy groups -OCH3 is 1. The van der Waals surface area contributed by atoms with Crippen LogP contribution in [0.5, 0.6) is 11.5 Å². The Bertz CT molecular complexity index is 863.